The second-order valence-corrected chi connectivity index (χ2v) is 7.33. The van der Waals surface area contributed by atoms with Crippen LogP contribution in [0.4, 0.5) is 0 Å². The molecule has 2 aromatic heterocycles. The van der Waals surface area contributed by atoms with Crippen LogP contribution in [0.2, 0.25) is 0 Å². The molecule has 2 aromatic rings. The molecule has 1 aliphatic heterocycles. The lowest BCUT2D eigenvalue weighted by atomic mass is 9.79. The van der Waals surface area contributed by atoms with E-state index in [1.165, 1.54) is 0 Å². The number of carbonyl (C=O) groups is 1. The van der Waals surface area contributed by atoms with Crippen molar-refractivity contribution >= 4 is 18.3 Å². The summed E-state index contributed by atoms with van der Waals surface area (Å²) < 4.78 is 6.93. The Kier molecular flexibility index (Phi) is 6.43. The predicted molar refractivity (Wildman–Crippen MR) is 105 cm³/mol. The van der Waals surface area contributed by atoms with Gasteiger partial charge in [-0.2, -0.15) is 5.10 Å². The van der Waals surface area contributed by atoms with Gasteiger partial charge in [0.15, 0.2) is 5.82 Å². The number of likely N-dealkylation sites (tertiary alicyclic amines) is 1. The Bertz CT molecular complexity index is 790. The van der Waals surface area contributed by atoms with Crippen LogP contribution in [0.3, 0.4) is 0 Å². The van der Waals surface area contributed by atoms with E-state index in [1.54, 1.807) is 23.0 Å². The Morgan fingerprint density at radius 3 is 2.70 bits per heavy atom. The first kappa shape index (κ1) is 21.1. The summed E-state index contributed by atoms with van der Waals surface area (Å²) >= 11 is 0. The van der Waals surface area contributed by atoms with Gasteiger partial charge in [0.05, 0.1) is 24.1 Å². The van der Waals surface area contributed by atoms with Crippen LogP contribution in [0.25, 0.3) is 5.82 Å². The molecule has 1 unspecified atom stereocenters. The normalized spacial score (nSPS) is 18.7. The highest BCUT2D eigenvalue weighted by Crippen LogP contribution is 2.29. The summed E-state index contributed by atoms with van der Waals surface area (Å²) in [4.78, 5) is 14.8. The van der Waals surface area contributed by atoms with E-state index >= 15 is 0 Å². The zero-order chi connectivity index (χ0) is 18.9. The number of ether oxygens (including phenoxy) is 1. The van der Waals surface area contributed by atoms with Gasteiger partial charge in [0, 0.05) is 25.2 Å². The van der Waals surface area contributed by atoms with Crippen LogP contribution < -0.4 is 10.5 Å². The number of aromatic nitrogens is 4. The number of halogens is 1. The van der Waals surface area contributed by atoms with Gasteiger partial charge < -0.3 is 15.4 Å². The molecule has 8 nitrogen and oxygen atoms in total. The maximum Gasteiger partial charge on any atom is 0.257 e. The van der Waals surface area contributed by atoms with Crippen molar-refractivity contribution < 1.29 is 9.53 Å². The number of amides is 1. The van der Waals surface area contributed by atoms with Crippen molar-refractivity contribution in [3.8, 4) is 11.7 Å². The van der Waals surface area contributed by atoms with Gasteiger partial charge in [-0.05, 0) is 31.7 Å². The SMILES string of the molecule is CCOc1ccc(-n2ncc(C(=O)N3CCC(N)C(C)(C)C3)c2C)nn1.Cl. The molecule has 1 amide bonds. The van der Waals surface area contributed by atoms with Crippen molar-refractivity contribution in [2.24, 2.45) is 11.1 Å². The summed E-state index contributed by atoms with van der Waals surface area (Å²) in [6, 6.07) is 3.62. The maximum atomic E-state index is 13.0. The maximum absolute atomic E-state index is 13.0. The topological polar surface area (TPSA) is 99.2 Å². The zero-order valence-electron chi connectivity index (χ0n) is 16.2. The van der Waals surface area contributed by atoms with Crippen LogP contribution in [0.5, 0.6) is 5.88 Å². The van der Waals surface area contributed by atoms with Gasteiger partial charge in [0.1, 0.15) is 0 Å². The van der Waals surface area contributed by atoms with E-state index in [4.69, 9.17) is 10.5 Å². The van der Waals surface area contributed by atoms with Gasteiger partial charge in [0.25, 0.3) is 5.91 Å². The fraction of sp³-hybridized carbons (Fsp3) is 0.556. The molecule has 0 spiro atoms. The van der Waals surface area contributed by atoms with Gasteiger partial charge in [-0.3, -0.25) is 4.79 Å². The highest BCUT2D eigenvalue weighted by molar-refractivity contribution is 5.95. The third-order valence-electron chi connectivity index (χ3n) is 4.97. The Labute approximate surface area is 165 Å². The third kappa shape index (κ3) is 4.22. The summed E-state index contributed by atoms with van der Waals surface area (Å²) in [5, 5.41) is 12.5. The molecule has 3 rings (SSSR count). The number of hydrogen-bond acceptors (Lipinski definition) is 6. The highest BCUT2D eigenvalue weighted by Gasteiger charge is 2.36. The summed E-state index contributed by atoms with van der Waals surface area (Å²) in [5.41, 5.74) is 7.39. The molecule has 9 heteroatoms. The average molecular weight is 395 g/mol. The van der Waals surface area contributed by atoms with Gasteiger partial charge >= 0.3 is 0 Å². The van der Waals surface area contributed by atoms with E-state index in [0.717, 1.165) is 12.1 Å². The van der Waals surface area contributed by atoms with Crippen LogP contribution in [-0.4, -0.2) is 56.5 Å². The van der Waals surface area contributed by atoms with E-state index in [2.05, 4.69) is 29.1 Å². The van der Waals surface area contributed by atoms with Crippen LogP contribution in [-0.2, 0) is 0 Å². The first-order valence-electron chi connectivity index (χ1n) is 8.90. The van der Waals surface area contributed by atoms with Crippen molar-refractivity contribution in [2.45, 2.75) is 40.2 Å². The van der Waals surface area contributed by atoms with Crippen LogP contribution in [0, 0.1) is 12.3 Å². The molecule has 0 saturated carbocycles. The minimum atomic E-state index is -0.0988. The molecule has 0 aromatic carbocycles. The number of hydrogen-bond donors (Lipinski definition) is 1. The van der Waals surface area contributed by atoms with Crippen molar-refractivity contribution in [2.75, 3.05) is 19.7 Å². The fourth-order valence-corrected chi connectivity index (χ4v) is 3.22. The Morgan fingerprint density at radius 2 is 2.11 bits per heavy atom. The van der Waals surface area contributed by atoms with Crippen LogP contribution in [0.15, 0.2) is 18.3 Å². The second-order valence-electron chi connectivity index (χ2n) is 7.33. The zero-order valence-corrected chi connectivity index (χ0v) is 17.0. The lowest BCUT2D eigenvalue weighted by Crippen LogP contribution is -2.54. The highest BCUT2D eigenvalue weighted by atomic mass is 35.5. The van der Waals surface area contributed by atoms with Gasteiger partial charge in [-0.1, -0.05) is 13.8 Å². The van der Waals surface area contributed by atoms with Crippen LogP contribution in [0.1, 0.15) is 43.2 Å². The van der Waals surface area contributed by atoms with Crippen LogP contribution >= 0.6 is 12.4 Å². The van der Waals surface area contributed by atoms with Crippen molar-refractivity contribution in [1.82, 2.24) is 24.9 Å². The summed E-state index contributed by atoms with van der Waals surface area (Å²) in [5.74, 6) is 0.989. The molecule has 1 aliphatic rings. The Morgan fingerprint density at radius 1 is 1.37 bits per heavy atom. The number of rotatable bonds is 4. The predicted octanol–water partition coefficient (Wildman–Crippen LogP) is 1.99. The van der Waals surface area contributed by atoms with E-state index < -0.39 is 0 Å². The molecular weight excluding hydrogens is 368 g/mol. The fourth-order valence-electron chi connectivity index (χ4n) is 3.22. The lowest BCUT2D eigenvalue weighted by molar-refractivity contribution is 0.0532. The molecule has 0 bridgehead atoms. The molecule has 1 atom stereocenters. The van der Waals surface area contributed by atoms with Gasteiger partial charge in [-0.25, -0.2) is 4.68 Å². The van der Waals surface area contributed by atoms with E-state index in [1.807, 2.05) is 18.7 Å². The smallest absolute Gasteiger partial charge is 0.257 e. The summed E-state index contributed by atoms with van der Waals surface area (Å²) in [6.07, 6.45) is 2.40. The average Bonchev–Trinajstić information content (AvgIpc) is 2.99. The quantitative estimate of drug-likeness (QED) is 0.851. The standard InChI is InChI=1S/C18H26N6O2.ClH/c1-5-26-16-7-6-15(21-22-16)24-12(2)13(10-20-24)17(25)23-9-8-14(19)18(3,4)11-23;/h6-7,10,14H,5,8-9,11,19H2,1-4H3;1H. The molecular formula is C18H27ClN6O2. The van der Waals surface area contributed by atoms with E-state index in [-0.39, 0.29) is 29.8 Å². The van der Waals surface area contributed by atoms with Crippen molar-refractivity contribution in [3.63, 3.8) is 0 Å². The van der Waals surface area contributed by atoms with E-state index in [9.17, 15) is 4.79 Å². The van der Waals surface area contributed by atoms with Crippen molar-refractivity contribution in [3.05, 3.63) is 29.6 Å². The first-order valence-corrected chi connectivity index (χ1v) is 8.90. The molecule has 3 heterocycles. The van der Waals surface area contributed by atoms with Crippen molar-refractivity contribution in [1.29, 1.82) is 0 Å². The number of piperidine rings is 1. The number of nitrogens with zero attached hydrogens (tertiary/aromatic N) is 5. The lowest BCUT2D eigenvalue weighted by Gasteiger charge is -2.42. The first-order chi connectivity index (χ1) is 12.3. The Hall–Kier alpha value is -2.19. The third-order valence-corrected chi connectivity index (χ3v) is 4.97. The largest absolute Gasteiger partial charge is 0.477 e. The molecule has 1 saturated heterocycles. The number of nitrogens with two attached hydrogens (primary N) is 1. The van der Waals surface area contributed by atoms with E-state index in [0.29, 0.717) is 37.0 Å². The Balaban J connectivity index is 0.00000261. The molecule has 148 valence electrons. The van der Waals surface area contributed by atoms with Gasteiger partial charge in [0.2, 0.25) is 5.88 Å². The molecule has 0 aliphatic carbocycles. The summed E-state index contributed by atoms with van der Waals surface area (Å²) in [7, 11) is 0. The molecule has 2 N–H and O–H groups in total. The minimum Gasteiger partial charge on any atom is -0.477 e. The van der Waals surface area contributed by atoms with Gasteiger partial charge in [-0.15, -0.1) is 22.6 Å². The number of carbonyl (C=O) groups excluding carboxylic acids is 1. The molecule has 27 heavy (non-hydrogen) atoms. The monoisotopic (exact) mass is 394 g/mol. The molecule has 0 radical (unpaired) electrons. The minimum absolute atomic E-state index is 0. The molecule has 1 fully saturated rings. The summed E-state index contributed by atoms with van der Waals surface area (Å²) in [6.45, 7) is 9.78. The second kappa shape index (κ2) is 8.22.